The fraction of sp³-hybridized carbons (Fsp3) is 0.823. The predicted octanol–water partition coefficient (Wildman–Crippen LogP) is 1.08. The molecule has 0 amide bonds. The van der Waals surface area contributed by atoms with Crippen LogP contribution in [0.5, 0.6) is 11.5 Å². The van der Waals surface area contributed by atoms with Gasteiger partial charge in [0.25, 0.3) is 0 Å². The minimum absolute atomic E-state index is 0. The van der Waals surface area contributed by atoms with Crippen LogP contribution < -0.4 is 0 Å². The molecule has 149 heavy (non-hydrogen) atoms. The first-order valence-electron chi connectivity index (χ1n) is 48.7. The van der Waals surface area contributed by atoms with E-state index in [0.717, 1.165) is 168 Å². The van der Waals surface area contributed by atoms with Crippen LogP contribution in [0.4, 0.5) is 0 Å². The molecule has 45 nitrogen and oxygen atoms in total. The van der Waals surface area contributed by atoms with Crippen molar-refractivity contribution in [1.82, 2.24) is 0 Å². The summed E-state index contributed by atoms with van der Waals surface area (Å²) in [5.41, 5.74) is 1.25. The molecule has 885 valence electrons. The van der Waals surface area contributed by atoms with Crippen LogP contribution >= 0.6 is 0 Å². The molecule has 13 fully saturated rings. The van der Waals surface area contributed by atoms with Crippen LogP contribution in [-0.2, 0) is 68.3 Å². The number of aromatic hydroxyl groups is 2. The Hall–Kier alpha value is 2.77. The minimum atomic E-state index is -1.60. The zero-order chi connectivity index (χ0) is 93.4. The van der Waals surface area contributed by atoms with Gasteiger partial charge in [-0.25, -0.2) is 4.79 Å². The first-order chi connectivity index (χ1) is 61.6. The number of nitrogens with zero attached hydrogens (tertiary/aromatic N) is 8. The molecule has 0 aromatic heterocycles. The summed E-state index contributed by atoms with van der Waals surface area (Å²) in [4.78, 5) is 10.3. The maximum absolute atomic E-state index is 10.3. The van der Waals surface area contributed by atoms with Crippen molar-refractivity contribution in [3.63, 3.8) is 0 Å². The summed E-state index contributed by atoms with van der Waals surface area (Å²) in [7, 11) is 0. The van der Waals surface area contributed by atoms with E-state index in [1.54, 1.807) is 24.3 Å². The topological polar surface area (TPSA) is 1000 Å². The van der Waals surface area contributed by atoms with Crippen LogP contribution in [0.25, 0.3) is 42.5 Å². The van der Waals surface area contributed by atoms with Crippen molar-refractivity contribution in [3.05, 3.63) is 126 Å². The fourth-order valence-corrected chi connectivity index (χ4v) is 18.7. The van der Waals surface area contributed by atoms with Gasteiger partial charge in [0.15, 0.2) is 44.0 Å². The van der Waals surface area contributed by atoms with Gasteiger partial charge in [0.05, 0.1) is 36.6 Å². The van der Waals surface area contributed by atoms with Crippen LogP contribution in [0, 0.1) is 202 Å². The van der Waals surface area contributed by atoms with Gasteiger partial charge >= 0.3 is 74.2 Å². The molecule has 8 heterocycles. The molecule has 2 aromatic carbocycles. The smallest absolute Gasteiger partial charge is 0.686 e. The molecule has 1 radical (unpaired) electrons. The van der Waals surface area contributed by atoms with E-state index in [0.29, 0.717) is 80.8 Å². The van der Waals surface area contributed by atoms with Crippen molar-refractivity contribution in [1.29, 1.82) is 0 Å². The van der Waals surface area contributed by atoms with Gasteiger partial charge < -0.3 is 231 Å². The number of carboxylic acids is 1. The van der Waals surface area contributed by atoms with Crippen LogP contribution in [0.15, 0.2) is 72.5 Å². The molecule has 6 aliphatic carbocycles. The molecular weight excluding hydrogens is 2640 g/mol. The molecule has 0 bridgehead atoms. The van der Waals surface area contributed by atoms with Gasteiger partial charge in [-0.1, -0.05) is 254 Å². The Morgan fingerprint density at radius 1 is 0.268 bits per heavy atom. The van der Waals surface area contributed by atoms with E-state index >= 15 is 0 Å². The van der Waals surface area contributed by atoms with Crippen LogP contribution in [0.1, 0.15) is 311 Å². The largest absolute Gasteiger partial charge is 3.00 e. The van der Waals surface area contributed by atoms with Crippen molar-refractivity contribution in [2.24, 2.45) is 35.5 Å². The second-order valence-electron chi connectivity index (χ2n) is 36.4. The molecular formula is C96H192Ce4Fe4N8O37+. The van der Waals surface area contributed by atoms with Crippen molar-refractivity contribution in [2.75, 3.05) is 52.4 Å². The summed E-state index contributed by atoms with van der Waals surface area (Å²) in [5.74, 6) is -3.28. The molecule has 53 heteroatoms. The average molecular weight is 2830 g/mol. The summed E-state index contributed by atoms with van der Waals surface area (Å²) in [6.07, 6.45) is 42.0. The summed E-state index contributed by atoms with van der Waals surface area (Å²) >= 11 is 0. The standard InChI is InChI=1S/3C10H18N2.C10H14N2.6C7H14O3.C7H8O3.C7H6O3.4Ce.4Fe.13H2O/c4*1-3-7-11-9(5-1)10-6-2-4-8-12-10;8*8-6-4-2-1-3-5(6)7(9)10;;;;;;;;;;;;;;;;;;;;;/h3*9-10H,1-8H2;1,3,5,10H,2,4,6-8H2;6*5-10H,1-4H2;1-4,7-10H;1-4,8H,(H,9,10);;;;;;;;;13*1H2/q4*-2;;;;;;;;;;;;;3*+2;+3;;;;;;;;;;;;;. The van der Waals surface area contributed by atoms with Gasteiger partial charge in [-0.3, -0.25) is 0 Å². The number of aliphatic hydroxyl groups is 20. The maximum atomic E-state index is 10.3. The summed E-state index contributed by atoms with van der Waals surface area (Å²) in [5, 5.41) is 241. The Bertz CT molecular complexity index is 2870. The number of phenols is 2. The van der Waals surface area contributed by atoms with E-state index in [1.807, 2.05) is 0 Å². The van der Waals surface area contributed by atoms with Gasteiger partial charge in [0.1, 0.15) is 17.1 Å². The average Bonchev–Trinajstić information content (AvgIpc) is 0.878. The Kier molecular flexibility index (Phi) is 148. The van der Waals surface area contributed by atoms with E-state index in [-0.39, 0.29) is 365 Å². The van der Waals surface area contributed by atoms with Gasteiger partial charge in [0, 0.05) is 208 Å². The second-order valence-corrected chi connectivity index (χ2v) is 36.4. The monoisotopic (exact) mass is 2830 g/mol. The maximum Gasteiger partial charge on any atom is 3.00 e. The minimum Gasteiger partial charge on any atom is -0.686 e. The molecule has 16 rings (SSSR count). The molecule has 7 saturated heterocycles. The number of allylic oxidation sites excluding steroid dienone is 2. The van der Waals surface area contributed by atoms with Gasteiger partial charge in [0.2, 0.25) is 0 Å². The number of rotatable bonds is 12. The zero-order valence-electron chi connectivity index (χ0n) is 86.0. The van der Waals surface area contributed by atoms with Gasteiger partial charge in [-0.05, 0) is 95.2 Å². The molecule has 0 spiro atoms. The third kappa shape index (κ3) is 81.2. The van der Waals surface area contributed by atoms with Gasteiger partial charge in [-0.15, -0.1) is 64.5 Å². The molecule has 19 unspecified atom stereocenters. The zero-order valence-corrected chi connectivity index (χ0v) is 103. The number of hydrogen-bond donors (Lipinski definition) is 23. The summed E-state index contributed by atoms with van der Waals surface area (Å²) in [6, 6.07) is 15.9. The van der Waals surface area contributed by atoms with Crippen LogP contribution in [0.2, 0.25) is 0 Å². The number of phenolic OH excluding ortho intramolecular Hbond substituents is 1. The third-order valence-corrected chi connectivity index (χ3v) is 26.7. The first kappa shape index (κ1) is 190. The number of carbonyl (C=O) groups is 1. The first-order valence-corrected chi connectivity index (χ1v) is 48.7. The normalized spacial score (nSPS) is 26.9. The molecule has 2 aromatic rings. The Morgan fingerprint density at radius 2 is 0.470 bits per heavy atom. The number of aliphatic hydroxyl groups excluding tert-OH is 13. The van der Waals surface area contributed by atoms with E-state index in [4.69, 9.17) is 86.8 Å². The number of benzene rings is 2. The molecule has 8 aliphatic heterocycles. The van der Waals surface area contributed by atoms with Crippen molar-refractivity contribution < 1.29 is 429 Å². The van der Waals surface area contributed by atoms with E-state index in [2.05, 4.69) is 60.8 Å². The van der Waals surface area contributed by atoms with E-state index in [1.165, 1.54) is 165 Å². The number of piperidine rings is 7. The van der Waals surface area contributed by atoms with Crippen molar-refractivity contribution in [2.45, 2.75) is 412 Å². The number of hydrogen-bond acceptors (Lipinski definition) is 23. The van der Waals surface area contributed by atoms with E-state index < -0.39 is 86.6 Å². The fourth-order valence-electron chi connectivity index (χ4n) is 18.7. The van der Waals surface area contributed by atoms with E-state index in [9.17, 15) is 35.4 Å². The molecule has 6 saturated carbocycles. The quantitative estimate of drug-likeness (QED) is 0.104. The Morgan fingerprint density at radius 3 is 0.617 bits per heavy atom. The van der Waals surface area contributed by atoms with Crippen molar-refractivity contribution in [3.8, 4) is 11.5 Å². The van der Waals surface area contributed by atoms with Crippen LogP contribution in [-0.4, -0.2) is 364 Å². The number of aromatic carboxylic acids is 1. The van der Waals surface area contributed by atoms with Gasteiger partial charge in [-0.2, -0.15) is 41.9 Å². The molecule has 14 aliphatic rings. The van der Waals surface area contributed by atoms with Crippen LogP contribution in [0.3, 0.4) is 0 Å². The second kappa shape index (κ2) is 116. The van der Waals surface area contributed by atoms with Crippen molar-refractivity contribution >= 4 is 5.97 Å². The number of carboxylic acid groups (broad SMARTS) is 1. The number of para-hydroxylation sites is 2. The molecule has 19 atom stereocenters. The Balaban J connectivity index is -0.0000000840. The third-order valence-electron chi connectivity index (χ3n) is 26.7. The molecule has 49 N–H and O–H groups in total. The predicted molar refractivity (Wildman–Crippen MR) is 541 cm³/mol. The summed E-state index contributed by atoms with van der Waals surface area (Å²) < 4.78 is 0. The summed E-state index contributed by atoms with van der Waals surface area (Å²) in [6.45, 7) is 8.44. The SMILES string of the molecule is C1=CC[N-]C(C2CCCC[N-]2)=C1.C1CCC(C2CCCC[N-]2)[N-]C1.C1CCC(C2CCCC[N-]2)[N-]C1.C1CCC(C2CCCC[N-]2)[N-]C1.O.O.O.O.O.O.O.O.O.O.O.O.O.O=C(O)c1ccccc1O.OC(O)C1CCCCC1O.OC(O)C1CCCCC1O.OC(O)C1CCCCC1O.OC(O)C1CCCCC1O.OC(O)C1CCCCC1O.OC(O)C1CCCCC1O.Oc1ccccc1C(O)O.[Ce].[Ce].[Ce].[Ce].[Fe+2].[Fe+2].[Fe+2].[Fe+3]. The Labute approximate surface area is 1060 Å².